The molecule has 0 N–H and O–H groups in total. The summed E-state index contributed by atoms with van der Waals surface area (Å²) in [6.07, 6.45) is -1.84. The average Bonchev–Trinajstić information content (AvgIpc) is 3.33. The molecule has 0 unspecified atom stereocenters. The van der Waals surface area contributed by atoms with E-state index in [9.17, 15) is 9.59 Å². The maximum atomic E-state index is 12.4. The second kappa shape index (κ2) is 9.37. The molecule has 0 aliphatic carbocycles. The van der Waals surface area contributed by atoms with Crippen molar-refractivity contribution in [3.8, 4) is 0 Å². The van der Waals surface area contributed by atoms with Crippen molar-refractivity contribution in [3.05, 3.63) is 52.7 Å². The molecule has 1 aliphatic rings. The average molecular weight is 481 g/mol. The maximum absolute atomic E-state index is 12.4. The van der Waals surface area contributed by atoms with Crippen molar-refractivity contribution in [1.29, 1.82) is 0 Å². The third-order valence-corrected chi connectivity index (χ3v) is 5.31. The Morgan fingerprint density at radius 2 is 1.91 bits per heavy atom. The molecule has 1 aromatic carbocycles. The van der Waals surface area contributed by atoms with Gasteiger partial charge in [-0.15, -0.1) is 0 Å². The third-order valence-electron chi connectivity index (χ3n) is 4.87. The molecule has 1 saturated heterocycles. The molecule has 168 valence electrons. The van der Waals surface area contributed by atoms with E-state index < -0.39 is 36.5 Å². The fourth-order valence-electron chi connectivity index (χ4n) is 3.53. The zero-order chi connectivity index (χ0) is 22.8. The number of carbonyl (C=O) groups is 2. The zero-order valence-electron chi connectivity index (χ0n) is 17.0. The number of hydrogen-bond donors (Lipinski definition) is 0. The van der Waals surface area contributed by atoms with Crippen molar-refractivity contribution < 1.29 is 28.5 Å². The number of ether oxygens (including phenoxy) is 4. The van der Waals surface area contributed by atoms with Gasteiger partial charge in [-0.05, 0) is 23.7 Å². The van der Waals surface area contributed by atoms with Crippen molar-refractivity contribution >= 4 is 46.3 Å². The van der Waals surface area contributed by atoms with E-state index >= 15 is 0 Å². The van der Waals surface area contributed by atoms with E-state index in [2.05, 4.69) is 15.0 Å². The molecule has 0 saturated carbocycles. The number of aromatic nitrogens is 4. The summed E-state index contributed by atoms with van der Waals surface area (Å²) >= 11 is 12.1. The second-order valence-corrected chi connectivity index (χ2v) is 7.61. The molecule has 4 atom stereocenters. The SMILES string of the molecule is CO[C@H]1[C@@H](OC(C)=O)[C@H](n2cnc3c(Cl)nc(Cl)nc32)O[C@@H]1COC(=O)c1ccccc1. The summed E-state index contributed by atoms with van der Waals surface area (Å²) in [5, 5.41) is -0.0136. The number of fused-ring (bicyclic) bond motifs is 1. The van der Waals surface area contributed by atoms with Gasteiger partial charge in [0.25, 0.3) is 0 Å². The number of benzene rings is 1. The molecule has 0 radical (unpaired) electrons. The minimum Gasteiger partial charge on any atom is -0.459 e. The lowest BCUT2D eigenvalue weighted by molar-refractivity contribution is -0.156. The highest BCUT2D eigenvalue weighted by Gasteiger charge is 2.49. The largest absolute Gasteiger partial charge is 0.459 e. The van der Waals surface area contributed by atoms with Gasteiger partial charge in [0.15, 0.2) is 23.1 Å². The van der Waals surface area contributed by atoms with Crippen molar-refractivity contribution in [2.24, 2.45) is 0 Å². The van der Waals surface area contributed by atoms with Gasteiger partial charge in [0.1, 0.15) is 24.3 Å². The molecule has 1 aliphatic heterocycles. The van der Waals surface area contributed by atoms with E-state index in [0.29, 0.717) is 11.1 Å². The number of esters is 2. The standard InChI is InChI=1S/C20H18Cl2N4O6/c1-10(27)31-15-14(29-2)12(8-30-19(28)11-6-4-3-5-7-11)32-18(15)26-9-23-13-16(21)24-20(22)25-17(13)26/h3-7,9,12,14-15,18H,8H2,1-2H3/t12-,14-,15-,18-/m1/s1. The van der Waals surface area contributed by atoms with Gasteiger partial charge in [-0.2, -0.15) is 4.98 Å². The van der Waals surface area contributed by atoms with E-state index in [4.69, 9.17) is 42.1 Å². The Morgan fingerprint density at radius 3 is 2.59 bits per heavy atom. The first-order valence-electron chi connectivity index (χ1n) is 9.52. The van der Waals surface area contributed by atoms with Crippen LogP contribution in [0.15, 0.2) is 36.7 Å². The van der Waals surface area contributed by atoms with Gasteiger partial charge in [0, 0.05) is 14.0 Å². The van der Waals surface area contributed by atoms with Crippen molar-refractivity contribution in [2.75, 3.05) is 13.7 Å². The Labute approximate surface area is 192 Å². The quantitative estimate of drug-likeness (QED) is 0.298. The number of nitrogens with zero attached hydrogens (tertiary/aromatic N) is 4. The summed E-state index contributed by atoms with van der Waals surface area (Å²) in [7, 11) is 1.45. The predicted octanol–water partition coefficient (Wildman–Crippen LogP) is 2.83. The fraction of sp³-hybridized carbons (Fsp3) is 0.350. The van der Waals surface area contributed by atoms with Crippen LogP contribution in [0.3, 0.4) is 0 Å². The zero-order valence-corrected chi connectivity index (χ0v) is 18.5. The van der Waals surface area contributed by atoms with Gasteiger partial charge in [0.05, 0.1) is 11.9 Å². The smallest absolute Gasteiger partial charge is 0.338 e. The molecule has 2 aromatic heterocycles. The molecule has 0 bridgehead atoms. The van der Waals surface area contributed by atoms with E-state index in [0.717, 1.165) is 0 Å². The molecule has 0 amide bonds. The molecular weight excluding hydrogens is 463 g/mol. The first-order chi connectivity index (χ1) is 15.4. The van der Waals surface area contributed by atoms with Gasteiger partial charge in [0.2, 0.25) is 5.28 Å². The van der Waals surface area contributed by atoms with Gasteiger partial charge < -0.3 is 18.9 Å². The molecule has 1 fully saturated rings. The van der Waals surface area contributed by atoms with Crippen LogP contribution >= 0.6 is 23.2 Å². The van der Waals surface area contributed by atoms with E-state index in [-0.39, 0.29) is 22.7 Å². The highest BCUT2D eigenvalue weighted by Crippen LogP contribution is 2.36. The van der Waals surface area contributed by atoms with Crippen molar-refractivity contribution in [1.82, 2.24) is 19.5 Å². The number of methoxy groups -OCH3 is 1. The summed E-state index contributed by atoms with van der Waals surface area (Å²) < 4.78 is 24.1. The van der Waals surface area contributed by atoms with Crippen LogP contribution in [0.4, 0.5) is 0 Å². The predicted molar refractivity (Wildman–Crippen MR) is 112 cm³/mol. The van der Waals surface area contributed by atoms with Crippen LogP contribution < -0.4 is 0 Å². The van der Waals surface area contributed by atoms with Crippen LogP contribution in [-0.4, -0.2) is 63.5 Å². The Balaban J connectivity index is 1.62. The Bertz CT molecular complexity index is 1140. The van der Waals surface area contributed by atoms with Crippen LogP contribution in [0.2, 0.25) is 10.4 Å². The van der Waals surface area contributed by atoms with Gasteiger partial charge in [-0.1, -0.05) is 29.8 Å². The summed E-state index contributed by atoms with van der Waals surface area (Å²) in [6.45, 7) is 1.14. The molecular formula is C20H18Cl2N4O6. The number of hydrogen-bond acceptors (Lipinski definition) is 9. The molecule has 4 rings (SSSR count). The first kappa shape index (κ1) is 22.4. The molecule has 0 spiro atoms. The number of halogens is 2. The van der Waals surface area contributed by atoms with Gasteiger partial charge in [-0.25, -0.2) is 14.8 Å². The maximum Gasteiger partial charge on any atom is 0.338 e. The van der Waals surface area contributed by atoms with Crippen molar-refractivity contribution in [2.45, 2.75) is 31.5 Å². The first-order valence-corrected chi connectivity index (χ1v) is 10.3. The van der Waals surface area contributed by atoms with Crippen LogP contribution in [0, 0.1) is 0 Å². The lowest BCUT2D eigenvalue weighted by Gasteiger charge is -2.23. The van der Waals surface area contributed by atoms with Gasteiger partial charge >= 0.3 is 11.9 Å². The molecule has 12 heteroatoms. The molecule has 32 heavy (non-hydrogen) atoms. The third kappa shape index (κ3) is 4.40. The normalized spacial score (nSPS) is 22.8. The minimum absolute atomic E-state index is 0.0671. The van der Waals surface area contributed by atoms with Crippen LogP contribution in [0.1, 0.15) is 23.5 Å². The molecule has 10 nitrogen and oxygen atoms in total. The van der Waals surface area contributed by atoms with Gasteiger partial charge in [-0.3, -0.25) is 9.36 Å². The minimum atomic E-state index is -0.892. The summed E-state index contributed by atoms with van der Waals surface area (Å²) in [6, 6.07) is 8.54. The van der Waals surface area contributed by atoms with Crippen LogP contribution in [-0.2, 0) is 23.7 Å². The Hall–Kier alpha value is -2.79. The fourth-order valence-corrected chi connectivity index (χ4v) is 3.95. The monoisotopic (exact) mass is 480 g/mol. The Morgan fingerprint density at radius 1 is 1.16 bits per heavy atom. The molecule has 3 heterocycles. The van der Waals surface area contributed by atoms with Crippen LogP contribution in [0.25, 0.3) is 11.2 Å². The summed E-state index contributed by atoms with van der Waals surface area (Å²) in [5.41, 5.74) is 0.984. The number of rotatable bonds is 6. The van der Waals surface area contributed by atoms with E-state index in [1.807, 2.05) is 0 Å². The van der Waals surface area contributed by atoms with Crippen LogP contribution in [0.5, 0.6) is 0 Å². The summed E-state index contributed by atoms with van der Waals surface area (Å²) in [4.78, 5) is 36.4. The molecule has 3 aromatic rings. The Kier molecular flexibility index (Phi) is 6.56. The lowest BCUT2D eigenvalue weighted by atomic mass is 10.1. The highest BCUT2D eigenvalue weighted by molar-refractivity contribution is 6.35. The number of carbonyl (C=O) groups excluding carboxylic acids is 2. The summed E-state index contributed by atoms with van der Waals surface area (Å²) in [5.74, 6) is -1.06. The highest BCUT2D eigenvalue weighted by atomic mass is 35.5. The van der Waals surface area contributed by atoms with E-state index in [1.54, 1.807) is 30.3 Å². The van der Waals surface area contributed by atoms with Crippen molar-refractivity contribution in [3.63, 3.8) is 0 Å². The lowest BCUT2D eigenvalue weighted by Crippen LogP contribution is -2.38. The number of imidazole rings is 1. The second-order valence-electron chi connectivity index (χ2n) is 6.91. The topological polar surface area (TPSA) is 115 Å². The van der Waals surface area contributed by atoms with E-state index in [1.165, 1.54) is 24.9 Å².